The van der Waals surface area contributed by atoms with Crippen molar-refractivity contribution in [2.45, 2.75) is 26.3 Å². The van der Waals surface area contributed by atoms with E-state index in [0.717, 1.165) is 69.6 Å². The third-order valence-electron chi connectivity index (χ3n) is 5.02. The van der Waals surface area contributed by atoms with E-state index in [9.17, 15) is 0 Å². The monoisotopic (exact) mass is 400 g/mol. The van der Waals surface area contributed by atoms with Crippen molar-refractivity contribution in [1.82, 2.24) is 20.5 Å². The van der Waals surface area contributed by atoms with E-state index in [1.54, 1.807) is 11.3 Å². The molecule has 1 saturated heterocycles. The Morgan fingerprint density at radius 3 is 2.61 bits per heavy atom. The molecule has 0 spiro atoms. The molecule has 7 heteroatoms. The van der Waals surface area contributed by atoms with Gasteiger partial charge in [0.1, 0.15) is 5.01 Å². The molecule has 0 radical (unpaired) electrons. The molecule has 0 amide bonds. The molecular formula is C21H32N6S. The van der Waals surface area contributed by atoms with Crippen LogP contribution in [0, 0.1) is 0 Å². The summed E-state index contributed by atoms with van der Waals surface area (Å²) in [6, 6.07) is 10.7. The quantitative estimate of drug-likeness (QED) is 0.405. The third-order valence-corrected chi connectivity index (χ3v) is 6.16. The van der Waals surface area contributed by atoms with Gasteiger partial charge in [-0.05, 0) is 31.5 Å². The van der Waals surface area contributed by atoms with E-state index >= 15 is 0 Å². The van der Waals surface area contributed by atoms with Crippen molar-refractivity contribution in [1.29, 1.82) is 0 Å². The molecule has 2 aromatic rings. The number of nitrogens with one attached hydrogen (secondary N) is 2. The fourth-order valence-electron chi connectivity index (χ4n) is 3.35. The molecule has 152 valence electrons. The van der Waals surface area contributed by atoms with Gasteiger partial charge in [0.25, 0.3) is 0 Å². The molecule has 2 heterocycles. The Morgan fingerprint density at radius 2 is 1.93 bits per heavy atom. The minimum atomic E-state index is 0.728. The van der Waals surface area contributed by atoms with Crippen LogP contribution >= 0.6 is 11.3 Å². The Labute approximate surface area is 172 Å². The van der Waals surface area contributed by atoms with Crippen LogP contribution in [0.4, 0.5) is 5.69 Å². The molecule has 28 heavy (non-hydrogen) atoms. The summed E-state index contributed by atoms with van der Waals surface area (Å²) in [6.45, 7) is 9.41. The Balaban J connectivity index is 1.29. The lowest BCUT2D eigenvalue weighted by Crippen LogP contribution is -2.47. The van der Waals surface area contributed by atoms with E-state index in [4.69, 9.17) is 0 Å². The van der Waals surface area contributed by atoms with Crippen LogP contribution in [0.25, 0.3) is 0 Å². The predicted molar refractivity (Wildman–Crippen MR) is 119 cm³/mol. The second-order valence-electron chi connectivity index (χ2n) is 6.94. The summed E-state index contributed by atoms with van der Waals surface area (Å²) < 4.78 is 0. The van der Waals surface area contributed by atoms with Gasteiger partial charge in [0.05, 0.1) is 6.54 Å². The van der Waals surface area contributed by atoms with Crippen molar-refractivity contribution in [2.75, 3.05) is 51.2 Å². The summed E-state index contributed by atoms with van der Waals surface area (Å²) in [5.74, 6) is 0.849. The van der Waals surface area contributed by atoms with Crippen LogP contribution in [-0.2, 0) is 13.0 Å². The number of piperazine rings is 1. The third kappa shape index (κ3) is 6.21. The standard InChI is InChI=1S/C21H32N6S/c1-3-19-16-24-20(28-19)17-25-21(22-2)23-10-7-11-26-12-14-27(15-13-26)18-8-5-4-6-9-18/h4-6,8-9,16H,3,7,10-15,17H2,1-2H3,(H2,22,23,25). The maximum atomic E-state index is 4.44. The fourth-order valence-corrected chi connectivity index (χ4v) is 4.15. The molecule has 1 aliphatic heterocycles. The average Bonchev–Trinajstić information content (AvgIpc) is 3.22. The van der Waals surface area contributed by atoms with Crippen molar-refractivity contribution in [3.63, 3.8) is 0 Å². The highest BCUT2D eigenvalue weighted by Gasteiger charge is 2.16. The van der Waals surface area contributed by atoms with Crippen LogP contribution in [0.1, 0.15) is 23.2 Å². The number of aliphatic imine (C=N–C) groups is 1. The number of thiazole rings is 1. The van der Waals surface area contributed by atoms with Crippen molar-refractivity contribution >= 4 is 23.0 Å². The number of aromatic nitrogens is 1. The van der Waals surface area contributed by atoms with Crippen LogP contribution in [0.15, 0.2) is 41.5 Å². The molecule has 2 N–H and O–H groups in total. The number of hydrogen-bond donors (Lipinski definition) is 2. The van der Waals surface area contributed by atoms with E-state index in [1.165, 1.54) is 10.6 Å². The van der Waals surface area contributed by atoms with Crippen molar-refractivity contribution in [3.8, 4) is 0 Å². The summed E-state index contributed by atoms with van der Waals surface area (Å²) in [5, 5.41) is 7.87. The van der Waals surface area contributed by atoms with Crippen molar-refractivity contribution in [3.05, 3.63) is 46.4 Å². The second-order valence-corrected chi connectivity index (χ2v) is 8.14. The molecule has 1 aliphatic rings. The molecular weight excluding hydrogens is 368 g/mol. The molecule has 6 nitrogen and oxygen atoms in total. The molecule has 3 rings (SSSR count). The van der Waals surface area contributed by atoms with Gasteiger partial charge in [-0.3, -0.25) is 9.89 Å². The minimum absolute atomic E-state index is 0.728. The lowest BCUT2D eigenvalue weighted by atomic mass is 10.2. The van der Waals surface area contributed by atoms with Crippen LogP contribution in [0.3, 0.4) is 0 Å². The van der Waals surface area contributed by atoms with Crippen LogP contribution in [-0.4, -0.2) is 62.2 Å². The Morgan fingerprint density at radius 1 is 1.14 bits per heavy atom. The normalized spacial score (nSPS) is 15.6. The zero-order valence-electron chi connectivity index (χ0n) is 17.0. The van der Waals surface area contributed by atoms with Gasteiger partial charge in [-0.1, -0.05) is 25.1 Å². The lowest BCUT2D eigenvalue weighted by molar-refractivity contribution is 0.255. The Kier molecular flexibility index (Phi) is 8.11. The highest BCUT2D eigenvalue weighted by Crippen LogP contribution is 2.15. The molecule has 1 aromatic carbocycles. The zero-order chi connectivity index (χ0) is 19.6. The van der Waals surface area contributed by atoms with Crippen molar-refractivity contribution < 1.29 is 0 Å². The van der Waals surface area contributed by atoms with Gasteiger partial charge in [-0.2, -0.15) is 0 Å². The van der Waals surface area contributed by atoms with E-state index in [-0.39, 0.29) is 0 Å². The van der Waals surface area contributed by atoms with Gasteiger partial charge >= 0.3 is 0 Å². The molecule has 0 aliphatic carbocycles. The number of nitrogens with zero attached hydrogens (tertiary/aromatic N) is 4. The SMILES string of the molecule is CCc1cnc(CNC(=NC)NCCCN2CCN(c3ccccc3)CC2)s1. The largest absolute Gasteiger partial charge is 0.369 e. The van der Waals surface area contributed by atoms with Gasteiger partial charge < -0.3 is 15.5 Å². The number of aryl methyl sites for hydroxylation is 1. The van der Waals surface area contributed by atoms with Gasteiger partial charge in [-0.25, -0.2) is 4.98 Å². The summed E-state index contributed by atoms with van der Waals surface area (Å²) in [5.41, 5.74) is 1.34. The summed E-state index contributed by atoms with van der Waals surface area (Å²) in [7, 11) is 1.82. The fraction of sp³-hybridized carbons (Fsp3) is 0.524. The summed E-state index contributed by atoms with van der Waals surface area (Å²) >= 11 is 1.76. The van der Waals surface area contributed by atoms with E-state index in [0.29, 0.717) is 0 Å². The van der Waals surface area contributed by atoms with Gasteiger partial charge in [0.15, 0.2) is 5.96 Å². The molecule has 0 bridgehead atoms. The van der Waals surface area contributed by atoms with E-state index in [1.807, 2.05) is 13.2 Å². The first-order chi connectivity index (χ1) is 13.8. The molecule has 0 atom stereocenters. The topological polar surface area (TPSA) is 55.8 Å². The highest BCUT2D eigenvalue weighted by atomic mass is 32.1. The number of benzene rings is 1. The Hall–Kier alpha value is -2.12. The molecule has 0 saturated carbocycles. The van der Waals surface area contributed by atoms with Gasteiger partial charge in [0.2, 0.25) is 0 Å². The first kappa shape index (κ1) is 20.6. The zero-order valence-corrected chi connectivity index (χ0v) is 17.8. The van der Waals surface area contributed by atoms with Gasteiger partial charge in [0, 0.05) is 56.5 Å². The minimum Gasteiger partial charge on any atom is -0.369 e. The van der Waals surface area contributed by atoms with Crippen LogP contribution in [0.5, 0.6) is 0 Å². The Bertz CT molecular complexity index is 722. The summed E-state index contributed by atoms with van der Waals surface area (Å²) in [4.78, 5) is 15.1. The maximum Gasteiger partial charge on any atom is 0.191 e. The molecule has 0 unspecified atom stereocenters. The number of para-hydroxylation sites is 1. The lowest BCUT2D eigenvalue weighted by Gasteiger charge is -2.36. The maximum absolute atomic E-state index is 4.44. The van der Waals surface area contributed by atoms with E-state index in [2.05, 4.69) is 67.7 Å². The van der Waals surface area contributed by atoms with Gasteiger partial charge in [-0.15, -0.1) is 11.3 Å². The average molecular weight is 401 g/mol. The smallest absolute Gasteiger partial charge is 0.191 e. The first-order valence-electron chi connectivity index (χ1n) is 10.2. The summed E-state index contributed by atoms with van der Waals surface area (Å²) in [6.07, 6.45) is 4.13. The number of rotatable bonds is 8. The van der Waals surface area contributed by atoms with Crippen LogP contribution in [0.2, 0.25) is 0 Å². The number of hydrogen-bond acceptors (Lipinski definition) is 5. The molecule has 1 fully saturated rings. The van der Waals surface area contributed by atoms with Crippen molar-refractivity contribution in [2.24, 2.45) is 4.99 Å². The predicted octanol–water partition coefficient (Wildman–Crippen LogP) is 2.58. The van der Waals surface area contributed by atoms with Crippen LogP contribution < -0.4 is 15.5 Å². The number of guanidine groups is 1. The van der Waals surface area contributed by atoms with E-state index < -0.39 is 0 Å². The molecule has 1 aromatic heterocycles. The number of anilines is 1. The second kappa shape index (κ2) is 11.0. The highest BCUT2D eigenvalue weighted by molar-refractivity contribution is 7.11. The first-order valence-corrected chi connectivity index (χ1v) is 11.0.